The minimum Gasteiger partial charge on any atom is -0.465 e. The number of rotatable bonds is 6. The summed E-state index contributed by atoms with van der Waals surface area (Å²) in [6, 6.07) is 10.4. The van der Waals surface area contributed by atoms with Crippen LogP contribution in [0.25, 0.3) is 0 Å². The molecule has 1 amide bonds. The van der Waals surface area contributed by atoms with Gasteiger partial charge in [0.25, 0.3) is 5.91 Å². The fourth-order valence-electron chi connectivity index (χ4n) is 1.78. The highest BCUT2D eigenvalue weighted by atomic mass is 32.1. The van der Waals surface area contributed by atoms with Crippen LogP contribution < -0.4 is 5.32 Å². The summed E-state index contributed by atoms with van der Waals surface area (Å²) in [4.78, 5) is 29.5. The summed E-state index contributed by atoms with van der Waals surface area (Å²) in [6.07, 6.45) is 0. The summed E-state index contributed by atoms with van der Waals surface area (Å²) >= 11 is 1.54. The zero-order valence-corrected chi connectivity index (χ0v) is 13.6. The van der Waals surface area contributed by atoms with E-state index in [1.165, 1.54) is 18.4 Å². The van der Waals surface area contributed by atoms with E-state index < -0.39 is 11.9 Å². The molecule has 0 bridgehead atoms. The van der Waals surface area contributed by atoms with Gasteiger partial charge >= 0.3 is 5.97 Å². The summed E-state index contributed by atoms with van der Waals surface area (Å²) in [5.41, 5.74) is 1.34. The molecule has 1 heterocycles. The number of carbonyl (C=O) groups is 2. The molecular formula is C16H16N2O4S. The van der Waals surface area contributed by atoms with Crippen LogP contribution in [0.2, 0.25) is 0 Å². The quantitative estimate of drug-likeness (QED) is 0.501. The lowest BCUT2D eigenvalue weighted by molar-refractivity contribution is -0.120. The van der Waals surface area contributed by atoms with Crippen molar-refractivity contribution < 1.29 is 19.2 Å². The van der Waals surface area contributed by atoms with Crippen molar-refractivity contribution in [1.82, 2.24) is 0 Å². The van der Waals surface area contributed by atoms with Crippen molar-refractivity contribution in [1.29, 1.82) is 0 Å². The Morgan fingerprint density at radius 2 is 2.00 bits per heavy atom. The Balaban J connectivity index is 1.93. The van der Waals surface area contributed by atoms with Gasteiger partial charge < -0.3 is 14.9 Å². The summed E-state index contributed by atoms with van der Waals surface area (Å²) < 4.78 is 4.67. The predicted molar refractivity (Wildman–Crippen MR) is 88.9 cm³/mol. The second-order valence-corrected chi connectivity index (χ2v) is 5.46. The molecule has 120 valence electrons. The number of methoxy groups -OCH3 is 1. The number of amides is 1. The van der Waals surface area contributed by atoms with Gasteiger partial charge in [-0.2, -0.15) is 0 Å². The largest absolute Gasteiger partial charge is 0.465 e. The second kappa shape index (κ2) is 8.09. The zero-order chi connectivity index (χ0) is 16.7. The smallest absolute Gasteiger partial charge is 0.339 e. The molecule has 0 aliphatic carbocycles. The van der Waals surface area contributed by atoms with Gasteiger partial charge in [-0.1, -0.05) is 23.4 Å². The molecule has 0 aliphatic heterocycles. The second-order valence-electron chi connectivity index (χ2n) is 4.51. The van der Waals surface area contributed by atoms with E-state index in [1.54, 1.807) is 31.2 Å². The average Bonchev–Trinajstić information content (AvgIpc) is 3.09. The topological polar surface area (TPSA) is 77.0 Å². The van der Waals surface area contributed by atoms with Crippen LogP contribution in [0.1, 0.15) is 22.2 Å². The van der Waals surface area contributed by atoms with Gasteiger partial charge in [0, 0.05) is 0 Å². The van der Waals surface area contributed by atoms with E-state index in [0.717, 1.165) is 4.88 Å². The zero-order valence-electron chi connectivity index (χ0n) is 12.7. The maximum Gasteiger partial charge on any atom is 0.339 e. The highest BCUT2D eigenvalue weighted by molar-refractivity contribution is 7.12. The van der Waals surface area contributed by atoms with Crippen LogP contribution >= 0.6 is 11.3 Å². The molecular weight excluding hydrogens is 316 g/mol. The molecule has 0 aliphatic rings. The van der Waals surface area contributed by atoms with Gasteiger partial charge in [0.05, 0.1) is 28.9 Å². The van der Waals surface area contributed by atoms with Crippen LogP contribution in [0.5, 0.6) is 0 Å². The molecule has 0 atom stereocenters. The number of esters is 1. The van der Waals surface area contributed by atoms with Crippen LogP contribution in [0, 0.1) is 0 Å². The predicted octanol–water partition coefficient (Wildman–Crippen LogP) is 2.91. The van der Waals surface area contributed by atoms with E-state index in [9.17, 15) is 9.59 Å². The first-order valence-electron chi connectivity index (χ1n) is 6.79. The van der Waals surface area contributed by atoms with Gasteiger partial charge in [0.2, 0.25) is 0 Å². The molecule has 1 aromatic heterocycles. The maximum absolute atomic E-state index is 11.9. The van der Waals surface area contributed by atoms with Gasteiger partial charge in [0.15, 0.2) is 6.61 Å². The molecule has 0 radical (unpaired) electrons. The SMILES string of the molecule is COC(=O)c1ccccc1NC(=O)CON=C(C)c1cccs1. The van der Waals surface area contributed by atoms with E-state index in [1.807, 2.05) is 17.5 Å². The van der Waals surface area contributed by atoms with Crippen molar-refractivity contribution in [3.05, 3.63) is 52.2 Å². The van der Waals surface area contributed by atoms with Crippen molar-refractivity contribution in [3.63, 3.8) is 0 Å². The monoisotopic (exact) mass is 332 g/mol. The minimum absolute atomic E-state index is 0.252. The molecule has 1 N–H and O–H groups in total. The first kappa shape index (κ1) is 16.7. The average molecular weight is 332 g/mol. The highest BCUT2D eigenvalue weighted by Gasteiger charge is 2.13. The molecule has 0 unspecified atom stereocenters. The molecule has 2 aromatic rings. The van der Waals surface area contributed by atoms with Gasteiger partial charge in [-0.3, -0.25) is 4.79 Å². The molecule has 1 aromatic carbocycles. The van der Waals surface area contributed by atoms with Crippen molar-refractivity contribution in [3.8, 4) is 0 Å². The number of hydrogen-bond acceptors (Lipinski definition) is 6. The third-order valence-corrected chi connectivity index (χ3v) is 3.86. The summed E-state index contributed by atoms with van der Waals surface area (Å²) in [5, 5.41) is 8.43. The van der Waals surface area contributed by atoms with E-state index >= 15 is 0 Å². The Bertz CT molecular complexity index is 711. The summed E-state index contributed by atoms with van der Waals surface area (Å²) in [6.45, 7) is 1.55. The Labute approximate surface area is 137 Å². The minimum atomic E-state index is -0.520. The van der Waals surface area contributed by atoms with Crippen molar-refractivity contribution in [2.24, 2.45) is 5.16 Å². The van der Waals surface area contributed by atoms with Crippen LogP contribution in [-0.2, 0) is 14.4 Å². The molecule has 0 saturated carbocycles. The van der Waals surface area contributed by atoms with Gasteiger partial charge in [0.1, 0.15) is 0 Å². The van der Waals surface area contributed by atoms with Crippen LogP contribution in [0.4, 0.5) is 5.69 Å². The van der Waals surface area contributed by atoms with Crippen LogP contribution in [0.3, 0.4) is 0 Å². The van der Waals surface area contributed by atoms with Crippen LogP contribution in [-0.4, -0.2) is 31.3 Å². The molecule has 0 fully saturated rings. The number of nitrogens with zero attached hydrogens (tertiary/aromatic N) is 1. The summed E-state index contributed by atoms with van der Waals surface area (Å²) in [7, 11) is 1.28. The van der Waals surface area contributed by atoms with E-state index in [4.69, 9.17) is 4.84 Å². The molecule has 6 nitrogen and oxygen atoms in total. The molecule has 7 heteroatoms. The maximum atomic E-state index is 11.9. The van der Waals surface area contributed by atoms with E-state index in [2.05, 4.69) is 15.2 Å². The van der Waals surface area contributed by atoms with Gasteiger partial charge in [-0.25, -0.2) is 4.79 Å². The fraction of sp³-hybridized carbons (Fsp3) is 0.188. The number of ether oxygens (including phenoxy) is 1. The lowest BCUT2D eigenvalue weighted by Gasteiger charge is -2.09. The number of hydrogen-bond donors (Lipinski definition) is 1. The van der Waals surface area contributed by atoms with Crippen molar-refractivity contribution in [2.45, 2.75) is 6.92 Å². The number of carbonyl (C=O) groups excluding carboxylic acids is 2. The third kappa shape index (κ3) is 4.65. The van der Waals surface area contributed by atoms with E-state index in [0.29, 0.717) is 11.4 Å². The highest BCUT2D eigenvalue weighted by Crippen LogP contribution is 2.16. The lowest BCUT2D eigenvalue weighted by Crippen LogP contribution is -2.19. The number of thiophene rings is 1. The number of anilines is 1. The van der Waals surface area contributed by atoms with Crippen molar-refractivity contribution in [2.75, 3.05) is 19.0 Å². The Morgan fingerprint density at radius 3 is 2.70 bits per heavy atom. The van der Waals surface area contributed by atoms with E-state index in [-0.39, 0.29) is 12.2 Å². The fourth-order valence-corrected chi connectivity index (χ4v) is 2.45. The Morgan fingerprint density at radius 1 is 1.22 bits per heavy atom. The Hall–Kier alpha value is -2.67. The number of benzene rings is 1. The number of nitrogens with one attached hydrogen (secondary N) is 1. The molecule has 23 heavy (non-hydrogen) atoms. The summed E-state index contributed by atoms with van der Waals surface area (Å²) in [5.74, 6) is -0.933. The lowest BCUT2D eigenvalue weighted by atomic mass is 10.2. The number of oxime groups is 1. The molecule has 2 rings (SSSR count). The normalized spacial score (nSPS) is 11.0. The first-order chi connectivity index (χ1) is 11.1. The standard InChI is InChI=1S/C16H16N2O4S/c1-11(14-8-5-9-23-14)18-22-10-15(19)17-13-7-4-3-6-12(13)16(20)21-2/h3-9H,10H2,1-2H3,(H,17,19). The third-order valence-electron chi connectivity index (χ3n) is 2.88. The van der Waals surface area contributed by atoms with Gasteiger partial charge in [-0.05, 0) is 30.5 Å². The first-order valence-corrected chi connectivity index (χ1v) is 7.67. The van der Waals surface area contributed by atoms with Crippen LogP contribution in [0.15, 0.2) is 46.9 Å². The number of para-hydroxylation sites is 1. The Kier molecular flexibility index (Phi) is 5.87. The molecule has 0 saturated heterocycles. The van der Waals surface area contributed by atoms with Crippen molar-refractivity contribution >= 4 is 34.6 Å². The molecule has 0 spiro atoms. The van der Waals surface area contributed by atoms with Gasteiger partial charge in [-0.15, -0.1) is 11.3 Å².